The average Bonchev–Trinajstić information content (AvgIpc) is 2.63. The first-order chi connectivity index (χ1) is 12.9. The van der Waals surface area contributed by atoms with Gasteiger partial charge in [0.25, 0.3) is 0 Å². The number of benzene rings is 2. The van der Waals surface area contributed by atoms with Crippen LogP contribution >= 0.6 is 11.6 Å². The van der Waals surface area contributed by atoms with Gasteiger partial charge in [0.1, 0.15) is 12.0 Å². The van der Waals surface area contributed by atoms with E-state index in [-0.39, 0.29) is 5.91 Å². The zero-order valence-corrected chi connectivity index (χ0v) is 15.6. The van der Waals surface area contributed by atoms with Crippen molar-refractivity contribution >= 4 is 51.9 Å². The number of amides is 1. The molecule has 138 valence electrons. The van der Waals surface area contributed by atoms with Crippen LogP contribution in [0.1, 0.15) is 12.5 Å². The van der Waals surface area contributed by atoms with Gasteiger partial charge >= 0.3 is 0 Å². The Morgan fingerprint density at radius 2 is 1.52 bits per heavy atom. The number of anilines is 6. The lowest BCUT2D eigenvalue weighted by atomic mass is 10.2. The van der Waals surface area contributed by atoms with Crippen LogP contribution in [0.4, 0.5) is 34.4 Å². The molecule has 0 atom stereocenters. The van der Waals surface area contributed by atoms with Gasteiger partial charge in [0.2, 0.25) is 5.91 Å². The number of halogens is 1. The highest BCUT2D eigenvalue weighted by atomic mass is 35.5. The molecule has 1 aromatic heterocycles. The van der Waals surface area contributed by atoms with E-state index in [2.05, 4.69) is 25.9 Å². The predicted octanol–water partition coefficient (Wildman–Crippen LogP) is 4.47. The third-order valence-electron chi connectivity index (χ3n) is 3.79. The van der Waals surface area contributed by atoms with Crippen molar-refractivity contribution in [3.05, 3.63) is 59.4 Å². The van der Waals surface area contributed by atoms with E-state index in [1.807, 2.05) is 37.3 Å². The Hall–Kier alpha value is -3.32. The molecule has 0 bridgehead atoms. The van der Waals surface area contributed by atoms with E-state index in [0.29, 0.717) is 28.0 Å². The normalized spacial score (nSPS) is 10.3. The Bertz CT molecular complexity index is 974. The van der Waals surface area contributed by atoms with Gasteiger partial charge in [-0.1, -0.05) is 17.7 Å². The minimum absolute atomic E-state index is 0.123. The third kappa shape index (κ3) is 4.65. The number of carbonyl (C=O) groups excluding carboxylic acids is 1. The predicted molar refractivity (Wildman–Crippen MR) is 110 cm³/mol. The monoisotopic (exact) mass is 382 g/mol. The molecule has 0 radical (unpaired) electrons. The molecule has 0 spiro atoms. The molecule has 0 unspecified atom stereocenters. The van der Waals surface area contributed by atoms with Gasteiger partial charge < -0.3 is 21.7 Å². The number of rotatable bonds is 5. The molecule has 3 aromatic rings. The lowest BCUT2D eigenvalue weighted by Crippen LogP contribution is -2.06. The van der Waals surface area contributed by atoms with E-state index < -0.39 is 0 Å². The van der Waals surface area contributed by atoms with Crippen LogP contribution in [-0.4, -0.2) is 15.9 Å². The van der Waals surface area contributed by atoms with Crippen molar-refractivity contribution in [3.63, 3.8) is 0 Å². The summed E-state index contributed by atoms with van der Waals surface area (Å²) in [5.41, 5.74) is 9.83. The zero-order chi connectivity index (χ0) is 19.4. The second-order valence-corrected chi connectivity index (χ2v) is 6.36. The molecular formula is C19H19ClN6O. The maximum Gasteiger partial charge on any atom is 0.221 e. The number of carbonyl (C=O) groups is 1. The Balaban J connectivity index is 1.78. The number of nitrogens with two attached hydrogens (primary N) is 1. The lowest BCUT2D eigenvalue weighted by Gasteiger charge is -2.13. The van der Waals surface area contributed by atoms with E-state index in [9.17, 15) is 4.79 Å². The SMILES string of the molecule is CC(=O)Nc1ccc(Nc2ncnc(Nc3ccc(C)c(Cl)c3)c2N)cc1. The minimum atomic E-state index is -0.123. The van der Waals surface area contributed by atoms with Crippen molar-refractivity contribution in [1.82, 2.24) is 9.97 Å². The molecule has 0 saturated carbocycles. The molecule has 3 rings (SSSR count). The number of nitrogens with zero attached hydrogens (tertiary/aromatic N) is 2. The molecule has 5 N–H and O–H groups in total. The Kier molecular flexibility index (Phi) is 5.42. The highest BCUT2D eigenvalue weighted by Crippen LogP contribution is 2.29. The van der Waals surface area contributed by atoms with Crippen LogP contribution in [0.25, 0.3) is 0 Å². The van der Waals surface area contributed by atoms with Gasteiger partial charge in [-0.2, -0.15) is 0 Å². The molecule has 1 heterocycles. The van der Waals surface area contributed by atoms with Crippen molar-refractivity contribution in [1.29, 1.82) is 0 Å². The molecule has 0 aliphatic heterocycles. The minimum Gasteiger partial charge on any atom is -0.393 e. The fraction of sp³-hybridized carbons (Fsp3) is 0.105. The highest BCUT2D eigenvalue weighted by Gasteiger charge is 2.09. The summed E-state index contributed by atoms with van der Waals surface area (Å²) in [6.07, 6.45) is 1.42. The smallest absolute Gasteiger partial charge is 0.221 e. The zero-order valence-electron chi connectivity index (χ0n) is 14.9. The maximum absolute atomic E-state index is 11.1. The van der Waals surface area contributed by atoms with Crippen molar-refractivity contribution in [2.24, 2.45) is 0 Å². The summed E-state index contributed by atoms with van der Waals surface area (Å²) in [6.45, 7) is 3.40. The molecule has 0 saturated heterocycles. The summed E-state index contributed by atoms with van der Waals surface area (Å²) < 4.78 is 0. The van der Waals surface area contributed by atoms with Crippen LogP contribution in [0, 0.1) is 6.92 Å². The highest BCUT2D eigenvalue weighted by molar-refractivity contribution is 6.31. The number of hydrogen-bond donors (Lipinski definition) is 4. The van der Waals surface area contributed by atoms with E-state index in [1.54, 1.807) is 12.1 Å². The Morgan fingerprint density at radius 1 is 0.963 bits per heavy atom. The average molecular weight is 383 g/mol. The van der Waals surface area contributed by atoms with Crippen LogP contribution in [0.15, 0.2) is 48.8 Å². The molecule has 0 aliphatic carbocycles. The Morgan fingerprint density at radius 3 is 2.11 bits per heavy atom. The number of nitrogens with one attached hydrogen (secondary N) is 3. The van der Waals surface area contributed by atoms with Crippen LogP contribution in [0.5, 0.6) is 0 Å². The number of aromatic nitrogens is 2. The molecule has 27 heavy (non-hydrogen) atoms. The fourth-order valence-corrected chi connectivity index (χ4v) is 2.56. The molecule has 1 amide bonds. The second-order valence-electron chi connectivity index (χ2n) is 5.96. The summed E-state index contributed by atoms with van der Waals surface area (Å²) in [4.78, 5) is 19.5. The van der Waals surface area contributed by atoms with Crippen molar-refractivity contribution < 1.29 is 4.79 Å². The summed E-state index contributed by atoms with van der Waals surface area (Å²) in [7, 11) is 0. The van der Waals surface area contributed by atoms with Gasteiger partial charge in [0, 0.05) is 29.0 Å². The third-order valence-corrected chi connectivity index (χ3v) is 4.19. The second kappa shape index (κ2) is 7.92. The summed E-state index contributed by atoms with van der Waals surface area (Å²) in [5, 5.41) is 9.67. The number of aryl methyl sites for hydroxylation is 1. The largest absolute Gasteiger partial charge is 0.393 e. The van der Waals surface area contributed by atoms with Gasteiger partial charge in [-0.3, -0.25) is 4.79 Å². The molecular weight excluding hydrogens is 364 g/mol. The molecule has 8 heteroatoms. The molecule has 2 aromatic carbocycles. The van der Waals surface area contributed by atoms with Gasteiger partial charge in [-0.15, -0.1) is 0 Å². The van der Waals surface area contributed by atoms with Crippen molar-refractivity contribution in [3.8, 4) is 0 Å². The first-order valence-electron chi connectivity index (χ1n) is 8.20. The first-order valence-corrected chi connectivity index (χ1v) is 8.58. The van der Waals surface area contributed by atoms with E-state index in [1.165, 1.54) is 13.3 Å². The quantitative estimate of drug-likeness (QED) is 0.519. The van der Waals surface area contributed by atoms with Crippen molar-refractivity contribution in [2.45, 2.75) is 13.8 Å². The van der Waals surface area contributed by atoms with Crippen molar-refractivity contribution in [2.75, 3.05) is 21.7 Å². The summed E-state index contributed by atoms with van der Waals surface area (Å²) in [5.74, 6) is 0.822. The van der Waals surface area contributed by atoms with Crippen LogP contribution in [0.3, 0.4) is 0 Å². The summed E-state index contributed by atoms with van der Waals surface area (Å²) >= 11 is 6.16. The van der Waals surface area contributed by atoms with Gasteiger partial charge in [-0.25, -0.2) is 9.97 Å². The Labute approximate surface area is 162 Å². The maximum atomic E-state index is 11.1. The van der Waals surface area contributed by atoms with Crippen LogP contribution < -0.4 is 21.7 Å². The van der Waals surface area contributed by atoms with Gasteiger partial charge in [0.05, 0.1) is 0 Å². The van der Waals surface area contributed by atoms with E-state index >= 15 is 0 Å². The van der Waals surface area contributed by atoms with Crippen LogP contribution in [-0.2, 0) is 4.79 Å². The topological polar surface area (TPSA) is 105 Å². The fourth-order valence-electron chi connectivity index (χ4n) is 2.38. The summed E-state index contributed by atoms with van der Waals surface area (Å²) in [6, 6.07) is 12.8. The molecule has 0 aliphatic rings. The lowest BCUT2D eigenvalue weighted by molar-refractivity contribution is -0.114. The van der Waals surface area contributed by atoms with Gasteiger partial charge in [-0.05, 0) is 48.9 Å². The molecule has 7 nitrogen and oxygen atoms in total. The molecule has 0 fully saturated rings. The van der Waals surface area contributed by atoms with Gasteiger partial charge in [0.15, 0.2) is 11.6 Å². The van der Waals surface area contributed by atoms with E-state index in [0.717, 1.165) is 16.9 Å². The first kappa shape index (κ1) is 18.5. The number of hydrogen-bond acceptors (Lipinski definition) is 6. The number of nitrogen functional groups attached to an aromatic ring is 1. The standard InChI is InChI=1S/C19H19ClN6O/c1-11-3-4-15(9-16(11)20)26-19-17(21)18(22-10-23-19)25-14-7-5-13(6-8-14)24-12(2)27/h3-10H,21H2,1-2H3,(H,24,27)(H2,22,23,25,26). The van der Waals surface area contributed by atoms with E-state index in [4.69, 9.17) is 17.3 Å². The van der Waals surface area contributed by atoms with Crippen LogP contribution in [0.2, 0.25) is 5.02 Å².